The Labute approximate surface area is 112 Å². The quantitative estimate of drug-likeness (QED) is 0.842. The normalized spacial score (nSPS) is 10.5. The van der Waals surface area contributed by atoms with Crippen molar-refractivity contribution in [3.63, 3.8) is 0 Å². The van der Waals surface area contributed by atoms with Crippen molar-refractivity contribution in [2.45, 2.75) is 20.8 Å². The molecule has 0 spiro atoms. The van der Waals surface area contributed by atoms with Crippen LogP contribution in [0.4, 0.5) is 11.4 Å². The minimum Gasteiger partial charge on any atom is -0.466 e. The average Bonchev–Trinajstić information content (AvgIpc) is 2.62. The molecule has 100 valence electrons. The number of aryl methyl sites for hydroxylation is 2. The fourth-order valence-electron chi connectivity index (χ4n) is 2.18. The minimum atomic E-state index is -0.107. The Morgan fingerprint density at radius 1 is 1.16 bits per heavy atom. The molecule has 1 amide bonds. The van der Waals surface area contributed by atoms with E-state index in [9.17, 15) is 4.79 Å². The maximum absolute atomic E-state index is 12.6. The van der Waals surface area contributed by atoms with E-state index in [-0.39, 0.29) is 5.91 Å². The number of furan rings is 1. The number of nitrogens with two attached hydrogens (primary N) is 1. The first-order chi connectivity index (χ1) is 8.93. The van der Waals surface area contributed by atoms with Gasteiger partial charge in [0.05, 0.1) is 16.9 Å². The third kappa shape index (κ3) is 2.21. The van der Waals surface area contributed by atoms with E-state index in [4.69, 9.17) is 10.2 Å². The monoisotopic (exact) mass is 258 g/mol. The van der Waals surface area contributed by atoms with E-state index in [2.05, 4.69) is 0 Å². The molecule has 0 aliphatic heterocycles. The zero-order valence-electron chi connectivity index (χ0n) is 11.7. The van der Waals surface area contributed by atoms with Gasteiger partial charge in [-0.2, -0.15) is 0 Å². The molecule has 1 aromatic carbocycles. The van der Waals surface area contributed by atoms with Gasteiger partial charge < -0.3 is 15.1 Å². The second-order valence-electron chi connectivity index (χ2n) is 4.64. The fraction of sp³-hybridized carbons (Fsp3) is 0.267. The topological polar surface area (TPSA) is 59.5 Å². The van der Waals surface area contributed by atoms with Gasteiger partial charge in [0, 0.05) is 12.6 Å². The van der Waals surface area contributed by atoms with Crippen molar-refractivity contribution in [1.29, 1.82) is 0 Å². The zero-order chi connectivity index (χ0) is 14.2. The fourth-order valence-corrected chi connectivity index (χ4v) is 2.18. The van der Waals surface area contributed by atoms with E-state index in [0.717, 1.165) is 11.3 Å². The lowest BCUT2D eigenvalue weighted by atomic mass is 10.1. The average molecular weight is 258 g/mol. The summed E-state index contributed by atoms with van der Waals surface area (Å²) in [6, 6.07) is 7.30. The molecular weight excluding hydrogens is 240 g/mol. The van der Waals surface area contributed by atoms with Crippen molar-refractivity contribution in [1.82, 2.24) is 0 Å². The number of carbonyl (C=O) groups excluding carboxylic acids is 1. The molecule has 0 unspecified atom stereocenters. The van der Waals surface area contributed by atoms with E-state index >= 15 is 0 Å². The van der Waals surface area contributed by atoms with Gasteiger partial charge in [0.25, 0.3) is 5.91 Å². The molecule has 0 aliphatic carbocycles. The van der Waals surface area contributed by atoms with Gasteiger partial charge in [0.1, 0.15) is 11.5 Å². The number of hydrogen-bond acceptors (Lipinski definition) is 3. The van der Waals surface area contributed by atoms with Crippen LogP contribution in [0.5, 0.6) is 0 Å². The van der Waals surface area contributed by atoms with Gasteiger partial charge >= 0.3 is 0 Å². The van der Waals surface area contributed by atoms with E-state index in [1.54, 1.807) is 24.9 Å². The Bertz CT molecular complexity index is 629. The summed E-state index contributed by atoms with van der Waals surface area (Å²) in [5.74, 6) is 1.31. The molecule has 0 saturated carbocycles. The standard InChI is InChI=1S/C15H18N2O2/c1-9-10(2)19-11(3)14(9)15(18)17(4)13-8-6-5-7-12(13)16/h5-8H,16H2,1-4H3. The summed E-state index contributed by atoms with van der Waals surface area (Å²) in [6.45, 7) is 5.55. The van der Waals surface area contributed by atoms with Gasteiger partial charge in [-0.25, -0.2) is 0 Å². The SMILES string of the molecule is Cc1oc(C)c(C(=O)N(C)c2ccccc2N)c1C. The Hall–Kier alpha value is -2.23. The van der Waals surface area contributed by atoms with Crippen LogP contribution in [-0.2, 0) is 0 Å². The highest BCUT2D eigenvalue weighted by atomic mass is 16.3. The lowest BCUT2D eigenvalue weighted by molar-refractivity contribution is 0.0991. The lowest BCUT2D eigenvalue weighted by Gasteiger charge is -2.19. The highest BCUT2D eigenvalue weighted by molar-refractivity contribution is 6.08. The summed E-state index contributed by atoms with van der Waals surface area (Å²) in [5, 5.41) is 0. The maximum Gasteiger partial charge on any atom is 0.261 e. The molecule has 2 rings (SSSR count). The third-order valence-corrected chi connectivity index (χ3v) is 3.38. The highest BCUT2D eigenvalue weighted by Crippen LogP contribution is 2.27. The lowest BCUT2D eigenvalue weighted by Crippen LogP contribution is -2.27. The summed E-state index contributed by atoms with van der Waals surface area (Å²) >= 11 is 0. The van der Waals surface area contributed by atoms with Crippen LogP contribution in [0.3, 0.4) is 0 Å². The Balaban J connectivity index is 2.42. The van der Waals surface area contributed by atoms with Gasteiger partial charge in [0.2, 0.25) is 0 Å². The molecule has 0 aliphatic rings. The first-order valence-electron chi connectivity index (χ1n) is 6.12. The van der Waals surface area contributed by atoms with Crippen molar-refractivity contribution in [2.24, 2.45) is 0 Å². The number of rotatable bonds is 2. The van der Waals surface area contributed by atoms with Gasteiger partial charge in [-0.05, 0) is 32.9 Å². The largest absolute Gasteiger partial charge is 0.466 e. The van der Waals surface area contributed by atoms with Crippen LogP contribution in [0.2, 0.25) is 0 Å². The van der Waals surface area contributed by atoms with Crippen molar-refractivity contribution in [3.05, 3.63) is 46.9 Å². The molecule has 0 saturated heterocycles. The van der Waals surface area contributed by atoms with E-state index in [1.165, 1.54) is 0 Å². The molecule has 1 aromatic heterocycles. The zero-order valence-corrected chi connectivity index (χ0v) is 11.7. The summed E-state index contributed by atoms with van der Waals surface area (Å²) in [4.78, 5) is 14.1. The van der Waals surface area contributed by atoms with Gasteiger partial charge in [-0.1, -0.05) is 12.1 Å². The van der Waals surface area contributed by atoms with Crippen LogP contribution in [0.15, 0.2) is 28.7 Å². The molecule has 0 atom stereocenters. The van der Waals surface area contributed by atoms with Gasteiger partial charge in [-0.15, -0.1) is 0 Å². The third-order valence-electron chi connectivity index (χ3n) is 3.38. The predicted octanol–water partition coefficient (Wildman–Crippen LogP) is 3.06. The number of nitrogens with zero attached hydrogens (tertiary/aromatic N) is 1. The molecule has 0 fully saturated rings. The van der Waals surface area contributed by atoms with Crippen LogP contribution in [0, 0.1) is 20.8 Å². The van der Waals surface area contributed by atoms with Crippen molar-refractivity contribution in [3.8, 4) is 0 Å². The number of hydrogen-bond donors (Lipinski definition) is 1. The number of carbonyl (C=O) groups is 1. The molecule has 0 radical (unpaired) electrons. The summed E-state index contributed by atoms with van der Waals surface area (Å²) < 4.78 is 5.50. The van der Waals surface area contributed by atoms with Crippen molar-refractivity contribution in [2.75, 3.05) is 17.7 Å². The Morgan fingerprint density at radius 3 is 2.32 bits per heavy atom. The Kier molecular flexibility index (Phi) is 3.34. The van der Waals surface area contributed by atoms with Crippen LogP contribution in [-0.4, -0.2) is 13.0 Å². The Morgan fingerprint density at radius 2 is 1.79 bits per heavy atom. The number of para-hydroxylation sites is 2. The smallest absolute Gasteiger partial charge is 0.261 e. The predicted molar refractivity (Wildman–Crippen MR) is 76.5 cm³/mol. The van der Waals surface area contributed by atoms with Crippen LogP contribution in [0.25, 0.3) is 0 Å². The summed E-state index contributed by atoms with van der Waals surface area (Å²) in [7, 11) is 1.72. The van der Waals surface area contributed by atoms with Crippen LogP contribution in [0.1, 0.15) is 27.4 Å². The molecule has 2 N–H and O–H groups in total. The molecule has 4 nitrogen and oxygen atoms in total. The first kappa shape index (κ1) is 13.2. The molecule has 19 heavy (non-hydrogen) atoms. The number of nitrogen functional groups attached to an aromatic ring is 1. The summed E-state index contributed by atoms with van der Waals surface area (Å²) in [5.41, 5.74) is 8.67. The second kappa shape index (κ2) is 4.80. The van der Waals surface area contributed by atoms with E-state index in [1.807, 2.05) is 32.0 Å². The highest BCUT2D eigenvalue weighted by Gasteiger charge is 2.23. The summed E-state index contributed by atoms with van der Waals surface area (Å²) in [6.07, 6.45) is 0. The molecule has 4 heteroatoms. The molecule has 2 aromatic rings. The van der Waals surface area contributed by atoms with Crippen molar-refractivity contribution < 1.29 is 9.21 Å². The molecule has 1 heterocycles. The van der Waals surface area contributed by atoms with Crippen LogP contribution < -0.4 is 10.6 Å². The van der Waals surface area contributed by atoms with Crippen LogP contribution >= 0.6 is 0 Å². The second-order valence-corrected chi connectivity index (χ2v) is 4.64. The van der Waals surface area contributed by atoms with E-state index in [0.29, 0.717) is 22.7 Å². The number of anilines is 2. The first-order valence-corrected chi connectivity index (χ1v) is 6.12. The van der Waals surface area contributed by atoms with Gasteiger partial charge in [-0.3, -0.25) is 4.79 Å². The van der Waals surface area contributed by atoms with E-state index < -0.39 is 0 Å². The number of benzene rings is 1. The molecule has 0 bridgehead atoms. The van der Waals surface area contributed by atoms with Gasteiger partial charge in [0.15, 0.2) is 0 Å². The van der Waals surface area contributed by atoms with Crippen molar-refractivity contribution >= 4 is 17.3 Å². The maximum atomic E-state index is 12.6. The minimum absolute atomic E-state index is 0.107. The number of amides is 1. The molecular formula is C15H18N2O2.